The van der Waals surface area contributed by atoms with Gasteiger partial charge in [-0.2, -0.15) is 0 Å². The Morgan fingerprint density at radius 1 is 0.935 bits per heavy atom. The van der Waals surface area contributed by atoms with Gasteiger partial charge in [0.05, 0.1) is 18.7 Å². The summed E-state index contributed by atoms with van der Waals surface area (Å²) in [6, 6.07) is 14.2. The second-order valence-electron chi connectivity index (χ2n) is 6.53. The average molecular weight is 458 g/mol. The van der Waals surface area contributed by atoms with Gasteiger partial charge < -0.3 is 14.2 Å². The number of hydrogen-bond acceptors (Lipinski definition) is 5. The van der Waals surface area contributed by atoms with E-state index in [-0.39, 0.29) is 12.4 Å². The predicted octanol–water partition coefficient (Wildman–Crippen LogP) is 6.33. The van der Waals surface area contributed by atoms with Gasteiger partial charge in [0.25, 0.3) is 0 Å². The zero-order chi connectivity index (χ0) is 22.1. The molecule has 7 heteroatoms. The van der Waals surface area contributed by atoms with Crippen LogP contribution in [0.25, 0.3) is 12.2 Å². The van der Waals surface area contributed by atoms with Crippen molar-refractivity contribution in [1.29, 1.82) is 0 Å². The van der Waals surface area contributed by atoms with Crippen molar-refractivity contribution >= 4 is 41.3 Å². The summed E-state index contributed by atoms with van der Waals surface area (Å²) < 4.78 is 16.4. The summed E-state index contributed by atoms with van der Waals surface area (Å²) in [4.78, 5) is 16.2. The number of halogens is 2. The molecule has 0 aliphatic heterocycles. The van der Waals surface area contributed by atoms with Crippen LogP contribution in [0.5, 0.6) is 17.2 Å². The number of ether oxygens (including phenoxy) is 3. The number of aromatic nitrogens is 1. The molecular formula is C24H21Cl2NO4. The van der Waals surface area contributed by atoms with Crippen LogP contribution < -0.4 is 14.2 Å². The largest absolute Gasteiger partial charge is 0.493 e. The van der Waals surface area contributed by atoms with Gasteiger partial charge in [0.2, 0.25) is 0 Å². The number of benzene rings is 2. The summed E-state index contributed by atoms with van der Waals surface area (Å²) in [5, 5.41) is 0.964. The summed E-state index contributed by atoms with van der Waals surface area (Å²) in [7, 11) is 1.53. The Morgan fingerprint density at radius 2 is 1.68 bits per heavy atom. The van der Waals surface area contributed by atoms with E-state index in [0.717, 1.165) is 11.1 Å². The fraction of sp³-hybridized carbons (Fsp3) is 0.167. The maximum absolute atomic E-state index is 12.2. The lowest BCUT2D eigenvalue weighted by atomic mass is 10.1. The Kier molecular flexibility index (Phi) is 8.33. The molecule has 31 heavy (non-hydrogen) atoms. The van der Waals surface area contributed by atoms with Crippen LogP contribution in [0.4, 0.5) is 0 Å². The molecule has 0 saturated heterocycles. The first-order valence-electron chi connectivity index (χ1n) is 9.60. The van der Waals surface area contributed by atoms with Crippen molar-refractivity contribution in [3.8, 4) is 17.2 Å². The van der Waals surface area contributed by atoms with Crippen LogP contribution in [0.2, 0.25) is 10.0 Å². The van der Waals surface area contributed by atoms with Gasteiger partial charge >= 0.3 is 5.97 Å². The van der Waals surface area contributed by atoms with Crippen LogP contribution in [0, 0.1) is 0 Å². The fourth-order valence-electron chi connectivity index (χ4n) is 2.70. The van der Waals surface area contributed by atoms with Crippen LogP contribution in [-0.2, 0) is 4.79 Å². The fourth-order valence-corrected chi connectivity index (χ4v) is 3.17. The predicted molar refractivity (Wildman–Crippen MR) is 123 cm³/mol. The second kappa shape index (κ2) is 11.4. The molecule has 0 atom stereocenters. The molecule has 160 valence electrons. The van der Waals surface area contributed by atoms with Crippen LogP contribution in [0.1, 0.15) is 24.0 Å². The lowest BCUT2D eigenvalue weighted by molar-refractivity contribution is -0.134. The van der Waals surface area contributed by atoms with Crippen LogP contribution >= 0.6 is 23.2 Å². The van der Waals surface area contributed by atoms with Crippen molar-refractivity contribution in [1.82, 2.24) is 4.98 Å². The highest BCUT2D eigenvalue weighted by Gasteiger charge is 2.11. The molecule has 0 aliphatic rings. The third-order valence-corrected chi connectivity index (χ3v) is 4.79. The molecule has 0 N–H and O–H groups in total. The second-order valence-corrected chi connectivity index (χ2v) is 7.37. The summed E-state index contributed by atoms with van der Waals surface area (Å²) in [6.45, 7) is 0.326. The summed E-state index contributed by atoms with van der Waals surface area (Å²) in [5.41, 5.74) is 1.95. The quantitative estimate of drug-likeness (QED) is 0.213. The zero-order valence-electron chi connectivity index (χ0n) is 16.9. The van der Waals surface area contributed by atoms with Crippen LogP contribution in [0.15, 0.2) is 60.9 Å². The number of pyridine rings is 1. The lowest BCUT2D eigenvalue weighted by Gasteiger charge is -2.11. The smallest absolute Gasteiger partial charge is 0.311 e. The molecule has 1 aromatic heterocycles. The lowest BCUT2D eigenvalue weighted by Crippen LogP contribution is -2.10. The Balaban J connectivity index is 1.51. The van der Waals surface area contributed by atoms with E-state index >= 15 is 0 Å². The zero-order valence-corrected chi connectivity index (χ0v) is 18.4. The molecule has 3 aromatic rings. The van der Waals surface area contributed by atoms with Gasteiger partial charge in [-0.05, 0) is 60.0 Å². The van der Waals surface area contributed by atoms with Crippen molar-refractivity contribution in [2.24, 2.45) is 0 Å². The van der Waals surface area contributed by atoms with E-state index in [0.29, 0.717) is 40.3 Å². The maximum Gasteiger partial charge on any atom is 0.311 e. The van der Waals surface area contributed by atoms with Gasteiger partial charge in [-0.3, -0.25) is 9.78 Å². The number of hydrogen-bond donors (Lipinski definition) is 0. The normalized spacial score (nSPS) is 10.8. The highest BCUT2D eigenvalue weighted by atomic mass is 35.5. The maximum atomic E-state index is 12.2. The van der Waals surface area contributed by atoms with Gasteiger partial charge in [0.1, 0.15) is 5.75 Å². The van der Waals surface area contributed by atoms with E-state index in [2.05, 4.69) is 4.98 Å². The molecule has 0 amide bonds. The topological polar surface area (TPSA) is 57.7 Å². The molecule has 2 aromatic carbocycles. The van der Waals surface area contributed by atoms with E-state index in [4.69, 9.17) is 37.4 Å². The van der Waals surface area contributed by atoms with Crippen molar-refractivity contribution in [2.45, 2.75) is 12.8 Å². The third-order valence-electron chi connectivity index (χ3n) is 4.26. The monoisotopic (exact) mass is 457 g/mol. The minimum atomic E-state index is -0.371. The van der Waals surface area contributed by atoms with Gasteiger partial charge in [0.15, 0.2) is 11.5 Å². The molecule has 0 unspecified atom stereocenters. The molecule has 0 bridgehead atoms. The first kappa shape index (κ1) is 22.7. The molecule has 0 radical (unpaired) electrons. The Bertz CT molecular complexity index is 1050. The van der Waals surface area contributed by atoms with Crippen LogP contribution in [-0.4, -0.2) is 24.7 Å². The van der Waals surface area contributed by atoms with Gasteiger partial charge in [-0.25, -0.2) is 0 Å². The van der Waals surface area contributed by atoms with E-state index in [9.17, 15) is 4.79 Å². The highest BCUT2D eigenvalue weighted by molar-refractivity contribution is 6.35. The van der Waals surface area contributed by atoms with Crippen molar-refractivity contribution in [3.05, 3.63) is 82.1 Å². The molecule has 3 rings (SSSR count). The summed E-state index contributed by atoms with van der Waals surface area (Å²) in [5.74, 6) is 1.00. The van der Waals surface area contributed by atoms with Gasteiger partial charge in [-0.15, -0.1) is 0 Å². The highest BCUT2D eigenvalue weighted by Crippen LogP contribution is 2.30. The number of rotatable bonds is 9. The van der Waals surface area contributed by atoms with E-state index in [1.54, 1.807) is 36.7 Å². The average Bonchev–Trinajstić information content (AvgIpc) is 2.78. The Hall–Kier alpha value is -3.02. The number of methoxy groups -OCH3 is 1. The SMILES string of the molecule is COc1cc(/C=C/c2ccncc2)ccc1OC(=O)CCCOc1ccc(Cl)cc1Cl. The van der Waals surface area contributed by atoms with Gasteiger partial charge in [-0.1, -0.05) is 41.4 Å². The Labute approximate surface area is 191 Å². The van der Waals surface area contributed by atoms with Gasteiger partial charge in [0, 0.05) is 23.8 Å². The minimum absolute atomic E-state index is 0.193. The van der Waals surface area contributed by atoms with Crippen molar-refractivity contribution < 1.29 is 19.0 Å². The molecule has 0 fully saturated rings. The standard InChI is InChI=1S/C24H21Cl2NO4/c1-29-23-15-18(5-4-17-10-12-27-13-11-17)6-8-22(23)31-24(28)3-2-14-30-21-9-7-19(25)16-20(21)26/h4-13,15-16H,2-3,14H2,1H3/b5-4+. The minimum Gasteiger partial charge on any atom is -0.493 e. The first-order valence-corrected chi connectivity index (χ1v) is 10.4. The summed E-state index contributed by atoms with van der Waals surface area (Å²) in [6.07, 6.45) is 8.05. The van der Waals surface area contributed by atoms with Crippen molar-refractivity contribution in [2.75, 3.05) is 13.7 Å². The van der Waals surface area contributed by atoms with E-state index in [1.807, 2.05) is 36.4 Å². The number of carbonyl (C=O) groups is 1. The van der Waals surface area contributed by atoms with E-state index in [1.165, 1.54) is 7.11 Å². The molecule has 0 saturated carbocycles. The first-order chi connectivity index (χ1) is 15.0. The molecule has 1 heterocycles. The third kappa shape index (κ3) is 7.02. The van der Waals surface area contributed by atoms with Crippen molar-refractivity contribution in [3.63, 3.8) is 0 Å². The van der Waals surface area contributed by atoms with Crippen LogP contribution in [0.3, 0.4) is 0 Å². The molecule has 0 spiro atoms. The number of nitrogens with zero attached hydrogens (tertiary/aromatic N) is 1. The molecule has 0 aliphatic carbocycles. The molecule has 5 nitrogen and oxygen atoms in total. The number of carbonyl (C=O) groups excluding carboxylic acids is 1. The molecular weight excluding hydrogens is 437 g/mol. The van der Waals surface area contributed by atoms with E-state index < -0.39 is 0 Å². The summed E-state index contributed by atoms with van der Waals surface area (Å²) >= 11 is 11.9. The number of esters is 1. The Morgan fingerprint density at radius 3 is 2.42 bits per heavy atom.